The highest BCUT2D eigenvalue weighted by atomic mass is 16.5. The van der Waals surface area contributed by atoms with Gasteiger partial charge in [0.2, 0.25) is 0 Å². The molecule has 0 unspecified atom stereocenters. The van der Waals surface area contributed by atoms with E-state index in [0.29, 0.717) is 18.4 Å². The van der Waals surface area contributed by atoms with Gasteiger partial charge in [0.25, 0.3) is 0 Å². The van der Waals surface area contributed by atoms with Gasteiger partial charge < -0.3 is 4.74 Å². The molecule has 2 nitrogen and oxygen atoms in total. The Morgan fingerprint density at radius 3 is 2.79 bits per heavy atom. The fourth-order valence-corrected chi connectivity index (χ4v) is 2.77. The highest BCUT2D eigenvalue weighted by Gasteiger charge is 2.47. The molecular weight excluding hydrogens is 176 g/mol. The van der Waals surface area contributed by atoms with Crippen LogP contribution in [0.3, 0.4) is 0 Å². The van der Waals surface area contributed by atoms with Crippen molar-refractivity contribution < 1.29 is 9.53 Å². The third kappa shape index (κ3) is 0.834. The minimum atomic E-state index is -0.0354. The van der Waals surface area contributed by atoms with E-state index in [2.05, 4.69) is 19.1 Å². The van der Waals surface area contributed by atoms with Crippen molar-refractivity contribution >= 4 is 5.97 Å². The van der Waals surface area contributed by atoms with Gasteiger partial charge in [-0.2, -0.15) is 0 Å². The van der Waals surface area contributed by atoms with Crippen LogP contribution in [-0.2, 0) is 9.53 Å². The summed E-state index contributed by atoms with van der Waals surface area (Å²) in [6.45, 7) is 2.78. The number of hydrogen-bond donors (Lipinski definition) is 0. The molecule has 1 fully saturated rings. The van der Waals surface area contributed by atoms with Crippen LogP contribution in [0.5, 0.6) is 0 Å². The van der Waals surface area contributed by atoms with E-state index >= 15 is 0 Å². The van der Waals surface area contributed by atoms with Gasteiger partial charge in [0.15, 0.2) is 0 Å². The smallest absolute Gasteiger partial charge is 0.313 e. The number of carbonyl (C=O) groups is 1. The first kappa shape index (κ1) is 8.04. The molecular formula is C12H12O2. The maximum Gasteiger partial charge on any atom is 0.313 e. The summed E-state index contributed by atoms with van der Waals surface area (Å²) < 4.78 is 5.11. The summed E-state index contributed by atoms with van der Waals surface area (Å²) in [5, 5.41) is 0. The molecule has 0 aromatic heterocycles. The highest BCUT2D eigenvalue weighted by Crippen LogP contribution is 2.49. The fraction of sp³-hybridized carbons (Fsp3) is 0.417. The minimum Gasteiger partial charge on any atom is -0.465 e. The second kappa shape index (κ2) is 2.59. The second-order valence-corrected chi connectivity index (χ2v) is 4.19. The number of fused-ring (bicyclic) bond motifs is 3. The summed E-state index contributed by atoms with van der Waals surface area (Å²) in [6.07, 6.45) is 0. The summed E-state index contributed by atoms with van der Waals surface area (Å²) >= 11 is 0. The molecule has 1 aromatic carbocycles. The van der Waals surface area contributed by atoms with E-state index in [9.17, 15) is 4.79 Å². The monoisotopic (exact) mass is 188 g/mol. The zero-order valence-electron chi connectivity index (χ0n) is 8.07. The van der Waals surface area contributed by atoms with E-state index in [4.69, 9.17) is 4.74 Å². The number of esters is 1. The SMILES string of the molecule is C[C@H]1c2ccccc2[C@H]2C(=O)OC[C@H]21. The van der Waals surface area contributed by atoms with Crippen molar-refractivity contribution in [3.05, 3.63) is 35.4 Å². The molecule has 1 saturated heterocycles. The first-order valence-corrected chi connectivity index (χ1v) is 5.04. The molecule has 1 heterocycles. The summed E-state index contributed by atoms with van der Waals surface area (Å²) in [5.74, 6) is 0.815. The molecule has 1 aliphatic carbocycles. The number of cyclic esters (lactones) is 1. The predicted molar refractivity (Wildman–Crippen MR) is 52.0 cm³/mol. The molecule has 2 heteroatoms. The minimum absolute atomic E-state index is 0.0150. The summed E-state index contributed by atoms with van der Waals surface area (Å²) in [4.78, 5) is 11.5. The number of carbonyl (C=O) groups excluding carboxylic acids is 1. The zero-order valence-corrected chi connectivity index (χ0v) is 8.07. The molecule has 0 N–H and O–H groups in total. The van der Waals surface area contributed by atoms with Crippen LogP contribution in [0.15, 0.2) is 24.3 Å². The molecule has 0 saturated carbocycles. The van der Waals surface area contributed by atoms with Crippen LogP contribution < -0.4 is 0 Å². The predicted octanol–water partition coefficient (Wildman–Crippen LogP) is 2.06. The van der Waals surface area contributed by atoms with Crippen LogP contribution >= 0.6 is 0 Å². The van der Waals surface area contributed by atoms with Crippen molar-refractivity contribution in [2.45, 2.75) is 18.8 Å². The van der Waals surface area contributed by atoms with Crippen LogP contribution in [0.2, 0.25) is 0 Å². The van der Waals surface area contributed by atoms with Crippen LogP contribution in [0.4, 0.5) is 0 Å². The summed E-state index contributed by atoms with van der Waals surface area (Å²) in [7, 11) is 0. The van der Waals surface area contributed by atoms with Gasteiger partial charge in [-0.15, -0.1) is 0 Å². The van der Waals surface area contributed by atoms with Gasteiger partial charge in [0, 0.05) is 5.92 Å². The molecule has 0 bridgehead atoms. The molecule has 2 aliphatic rings. The second-order valence-electron chi connectivity index (χ2n) is 4.19. The Morgan fingerprint density at radius 2 is 2.00 bits per heavy atom. The number of rotatable bonds is 0. The first-order valence-electron chi connectivity index (χ1n) is 5.04. The molecule has 14 heavy (non-hydrogen) atoms. The average molecular weight is 188 g/mol. The van der Waals surface area contributed by atoms with Crippen molar-refractivity contribution in [3.8, 4) is 0 Å². The van der Waals surface area contributed by atoms with Gasteiger partial charge in [0.1, 0.15) is 0 Å². The molecule has 3 rings (SSSR count). The van der Waals surface area contributed by atoms with E-state index < -0.39 is 0 Å². The Hall–Kier alpha value is -1.31. The zero-order chi connectivity index (χ0) is 9.71. The third-order valence-corrected chi connectivity index (χ3v) is 3.56. The Bertz CT molecular complexity index is 397. The van der Waals surface area contributed by atoms with Gasteiger partial charge in [-0.3, -0.25) is 4.79 Å². The maximum atomic E-state index is 11.5. The van der Waals surface area contributed by atoms with Crippen molar-refractivity contribution in [1.82, 2.24) is 0 Å². The van der Waals surface area contributed by atoms with Gasteiger partial charge in [-0.05, 0) is 17.0 Å². The number of ether oxygens (including phenoxy) is 1. The Balaban J connectivity index is 2.17. The quantitative estimate of drug-likeness (QED) is 0.582. The summed E-state index contributed by atoms with van der Waals surface area (Å²) in [6, 6.07) is 8.23. The van der Waals surface area contributed by atoms with Crippen LogP contribution in [0.1, 0.15) is 29.9 Å². The van der Waals surface area contributed by atoms with E-state index in [1.807, 2.05) is 12.1 Å². The van der Waals surface area contributed by atoms with E-state index in [-0.39, 0.29) is 11.9 Å². The standard InChI is InChI=1S/C12H12O2/c1-7-8-4-2-3-5-9(8)11-10(7)6-14-12(11)13/h2-5,7,10-11H,6H2,1H3/t7-,10-,11+/m0/s1. The van der Waals surface area contributed by atoms with E-state index in [1.165, 1.54) is 11.1 Å². The van der Waals surface area contributed by atoms with Crippen LogP contribution in [-0.4, -0.2) is 12.6 Å². The Kier molecular flexibility index (Phi) is 1.49. The highest BCUT2D eigenvalue weighted by molar-refractivity contribution is 5.82. The average Bonchev–Trinajstić information content (AvgIpc) is 2.70. The van der Waals surface area contributed by atoms with Gasteiger partial charge >= 0.3 is 5.97 Å². The molecule has 3 atom stereocenters. The molecule has 0 radical (unpaired) electrons. The lowest BCUT2D eigenvalue weighted by molar-refractivity contribution is -0.139. The topological polar surface area (TPSA) is 26.3 Å². The van der Waals surface area contributed by atoms with Crippen molar-refractivity contribution in [2.24, 2.45) is 5.92 Å². The van der Waals surface area contributed by atoms with Crippen LogP contribution in [0, 0.1) is 5.92 Å². The molecule has 0 spiro atoms. The van der Waals surface area contributed by atoms with Crippen LogP contribution in [0.25, 0.3) is 0 Å². The van der Waals surface area contributed by atoms with E-state index in [0.717, 1.165) is 0 Å². The molecule has 0 amide bonds. The van der Waals surface area contributed by atoms with Crippen molar-refractivity contribution in [1.29, 1.82) is 0 Å². The Labute approximate surface area is 82.9 Å². The van der Waals surface area contributed by atoms with Gasteiger partial charge in [-0.25, -0.2) is 0 Å². The maximum absolute atomic E-state index is 11.5. The lowest BCUT2D eigenvalue weighted by Gasteiger charge is -2.10. The lowest BCUT2D eigenvalue weighted by Crippen LogP contribution is -2.09. The van der Waals surface area contributed by atoms with Crippen molar-refractivity contribution in [3.63, 3.8) is 0 Å². The molecule has 72 valence electrons. The lowest BCUT2D eigenvalue weighted by atomic mass is 9.91. The summed E-state index contributed by atoms with van der Waals surface area (Å²) in [5.41, 5.74) is 2.52. The number of benzene rings is 1. The largest absolute Gasteiger partial charge is 0.465 e. The Morgan fingerprint density at radius 1 is 1.29 bits per heavy atom. The van der Waals surface area contributed by atoms with Gasteiger partial charge in [0.05, 0.1) is 12.5 Å². The number of hydrogen-bond acceptors (Lipinski definition) is 2. The third-order valence-electron chi connectivity index (χ3n) is 3.56. The molecule has 1 aromatic rings. The van der Waals surface area contributed by atoms with E-state index in [1.54, 1.807) is 0 Å². The first-order chi connectivity index (χ1) is 6.79. The van der Waals surface area contributed by atoms with Crippen molar-refractivity contribution in [2.75, 3.05) is 6.61 Å². The molecule has 1 aliphatic heterocycles. The normalized spacial score (nSPS) is 33.8. The fourth-order valence-electron chi connectivity index (χ4n) is 2.77. The van der Waals surface area contributed by atoms with Gasteiger partial charge in [-0.1, -0.05) is 31.2 Å².